The zero-order valence-corrected chi connectivity index (χ0v) is 13.8. The highest BCUT2D eigenvalue weighted by atomic mass is 31.1. The molecular weight excluding hydrogens is 267 g/mol. The van der Waals surface area contributed by atoms with Crippen LogP contribution in [0, 0.1) is 26.7 Å². The molecule has 0 heterocycles. The fraction of sp³-hybridized carbons (Fsp3) is 0.588. The van der Waals surface area contributed by atoms with Crippen LogP contribution < -0.4 is 0 Å². The van der Waals surface area contributed by atoms with Gasteiger partial charge in [-0.05, 0) is 50.7 Å². The second-order valence-electron chi connectivity index (χ2n) is 6.23. The van der Waals surface area contributed by atoms with E-state index in [9.17, 15) is 9.36 Å². The number of carbonyl (C=O) groups excluding carboxylic acids is 1. The molecule has 1 aliphatic carbocycles. The van der Waals surface area contributed by atoms with E-state index in [4.69, 9.17) is 0 Å². The van der Waals surface area contributed by atoms with Gasteiger partial charge in [0, 0.05) is 11.7 Å². The molecule has 0 saturated heterocycles. The third-order valence-electron chi connectivity index (χ3n) is 4.36. The van der Waals surface area contributed by atoms with E-state index in [1.807, 2.05) is 32.9 Å². The summed E-state index contributed by atoms with van der Waals surface area (Å²) in [4.78, 5) is 12.5. The number of aryl methyl sites for hydroxylation is 3. The molecule has 0 spiro atoms. The van der Waals surface area contributed by atoms with E-state index in [1.165, 1.54) is 19.3 Å². The summed E-state index contributed by atoms with van der Waals surface area (Å²) in [5.41, 5.74) is 3.69. The van der Waals surface area contributed by atoms with E-state index in [-0.39, 0.29) is 5.52 Å². The molecule has 2 nitrogen and oxygen atoms in total. The predicted octanol–water partition coefficient (Wildman–Crippen LogP) is 4.89. The Balaban J connectivity index is 2.12. The van der Waals surface area contributed by atoms with E-state index in [0.29, 0.717) is 17.6 Å². The van der Waals surface area contributed by atoms with Crippen molar-refractivity contribution in [2.45, 2.75) is 52.9 Å². The van der Waals surface area contributed by atoms with E-state index in [2.05, 4.69) is 0 Å². The molecule has 0 aromatic heterocycles. The minimum atomic E-state index is -2.16. The highest BCUT2D eigenvalue weighted by molar-refractivity contribution is 7.64. The maximum Gasteiger partial charge on any atom is 0.219 e. The molecule has 1 aliphatic rings. The van der Waals surface area contributed by atoms with Gasteiger partial charge in [-0.25, -0.2) is 0 Å². The quantitative estimate of drug-likeness (QED) is 0.740. The lowest BCUT2D eigenvalue weighted by Crippen LogP contribution is -2.11. The molecule has 2 rings (SSSR count). The fourth-order valence-corrected chi connectivity index (χ4v) is 5.21. The summed E-state index contributed by atoms with van der Waals surface area (Å²) in [5, 5.41) is 0. The van der Waals surface area contributed by atoms with Gasteiger partial charge in [0.15, 0.2) is 0 Å². The number of hydrogen-bond donors (Lipinski definition) is 0. The highest BCUT2D eigenvalue weighted by Crippen LogP contribution is 2.37. The Morgan fingerprint density at radius 2 is 1.65 bits per heavy atom. The lowest BCUT2D eigenvalue weighted by molar-refractivity contribution is 0.107. The Bertz CT molecular complexity index is 505. The van der Waals surface area contributed by atoms with Crippen molar-refractivity contribution in [3.05, 3.63) is 34.4 Å². The summed E-state index contributed by atoms with van der Waals surface area (Å²) in [7, 11) is -2.16. The second kappa shape index (κ2) is 6.72. The summed E-state index contributed by atoms with van der Waals surface area (Å²) in [6.45, 7) is 5.92. The topological polar surface area (TPSA) is 34.1 Å². The minimum absolute atomic E-state index is 0.101. The van der Waals surface area contributed by atoms with Crippen molar-refractivity contribution in [2.75, 3.05) is 6.16 Å². The van der Waals surface area contributed by atoms with Gasteiger partial charge in [-0.2, -0.15) is 0 Å². The molecule has 20 heavy (non-hydrogen) atoms. The average Bonchev–Trinajstić information content (AvgIpc) is 2.38. The Morgan fingerprint density at radius 1 is 1.10 bits per heavy atom. The number of benzene rings is 1. The van der Waals surface area contributed by atoms with E-state index >= 15 is 0 Å². The van der Waals surface area contributed by atoms with Crippen LogP contribution in [0.15, 0.2) is 12.1 Å². The predicted molar refractivity (Wildman–Crippen MR) is 85.4 cm³/mol. The maximum atomic E-state index is 12.5. The lowest BCUT2D eigenvalue weighted by atomic mass is 9.91. The van der Waals surface area contributed by atoms with Gasteiger partial charge in [0.1, 0.15) is 7.80 Å². The number of hydrogen-bond acceptors (Lipinski definition) is 2. The van der Waals surface area contributed by atoms with Crippen LogP contribution in [0.25, 0.3) is 0 Å². The van der Waals surface area contributed by atoms with Crippen molar-refractivity contribution in [3.8, 4) is 0 Å². The summed E-state index contributed by atoms with van der Waals surface area (Å²) in [6.07, 6.45) is 6.68. The Hall–Kier alpha value is -0.880. The molecule has 1 fully saturated rings. The second-order valence-corrected chi connectivity index (χ2v) is 7.94. The van der Waals surface area contributed by atoms with E-state index < -0.39 is 7.80 Å². The first kappa shape index (κ1) is 15.5. The zero-order chi connectivity index (χ0) is 14.7. The van der Waals surface area contributed by atoms with Gasteiger partial charge in [-0.1, -0.05) is 37.0 Å². The first-order valence-electron chi connectivity index (χ1n) is 7.64. The number of rotatable bonds is 4. The van der Waals surface area contributed by atoms with Crippen LogP contribution in [0.4, 0.5) is 0 Å². The third kappa shape index (κ3) is 3.61. The summed E-state index contributed by atoms with van der Waals surface area (Å²) in [5.74, 6) is 0.505. The van der Waals surface area contributed by atoms with Gasteiger partial charge in [0.25, 0.3) is 0 Å². The standard InChI is InChI=1S/C17H25O2P/c1-12-9-13(2)16(14(3)10-12)17(18)20(19)11-15-7-5-4-6-8-15/h9-10,15,20H,4-8,11H2,1-3H3. The highest BCUT2D eigenvalue weighted by Gasteiger charge is 2.23. The smallest absolute Gasteiger partial charge is 0.219 e. The molecule has 1 saturated carbocycles. The molecule has 0 amide bonds. The summed E-state index contributed by atoms with van der Waals surface area (Å²) in [6, 6.07) is 4.02. The van der Waals surface area contributed by atoms with Gasteiger partial charge in [-0.3, -0.25) is 4.79 Å². The van der Waals surface area contributed by atoms with Crippen molar-refractivity contribution in [1.82, 2.24) is 0 Å². The maximum absolute atomic E-state index is 12.5. The monoisotopic (exact) mass is 292 g/mol. The summed E-state index contributed by atoms with van der Waals surface area (Å²) >= 11 is 0. The SMILES string of the molecule is Cc1cc(C)c(C(=O)[PH](=O)CC2CCCCC2)c(C)c1. The molecule has 1 aromatic carbocycles. The van der Waals surface area contributed by atoms with Crippen molar-refractivity contribution in [3.63, 3.8) is 0 Å². The first-order valence-corrected chi connectivity index (χ1v) is 9.26. The molecule has 0 aliphatic heterocycles. The van der Waals surface area contributed by atoms with Gasteiger partial charge in [0.05, 0.1) is 0 Å². The molecule has 3 heteroatoms. The van der Waals surface area contributed by atoms with Crippen molar-refractivity contribution in [1.29, 1.82) is 0 Å². The largest absolute Gasteiger partial charge is 0.318 e. The fourth-order valence-electron chi connectivity index (χ4n) is 3.42. The van der Waals surface area contributed by atoms with Crippen LogP contribution in [0.1, 0.15) is 59.2 Å². The zero-order valence-electron chi connectivity index (χ0n) is 12.8. The normalized spacial score (nSPS) is 17.9. The van der Waals surface area contributed by atoms with Gasteiger partial charge in [-0.15, -0.1) is 0 Å². The average molecular weight is 292 g/mol. The van der Waals surface area contributed by atoms with Crippen LogP contribution >= 0.6 is 7.80 Å². The van der Waals surface area contributed by atoms with Crippen molar-refractivity contribution in [2.24, 2.45) is 5.92 Å². The third-order valence-corrected chi connectivity index (χ3v) is 6.06. The van der Waals surface area contributed by atoms with Gasteiger partial charge >= 0.3 is 0 Å². The van der Waals surface area contributed by atoms with Crippen LogP contribution in [0.3, 0.4) is 0 Å². The van der Waals surface area contributed by atoms with Crippen LogP contribution in [-0.4, -0.2) is 11.7 Å². The molecule has 1 unspecified atom stereocenters. The molecule has 1 atom stereocenters. The molecule has 0 bridgehead atoms. The first-order chi connectivity index (χ1) is 9.49. The molecule has 1 aromatic rings. The number of carbonyl (C=O) groups is 1. The van der Waals surface area contributed by atoms with Crippen LogP contribution in [0.5, 0.6) is 0 Å². The van der Waals surface area contributed by atoms with Crippen LogP contribution in [-0.2, 0) is 4.57 Å². The molecular formula is C17H25O2P. The molecule has 0 N–H and O–H groups in total. The van der Waals surface area contributed by atoms with Crippen LogP contribution in [0.2, 0.25) is 0 Å². The minimum Gasteiger partial charge on any atom is -0.318 e. The van der Waals surface area contributed by atoms with Gasteiger partial charge in [0.2, 0.25) is 5.52 Å². The Labute approximate surface area is 122 Å². The van der Waals surface area contributed by atoms with Gasteiger partial charge < -0.3 is 4.57 Å². The molecule has 0 radical (unpaired) electrons. The lowest BCUT2D eigenvalue weighted by Gasteiger charge is -2.21. The summed E-state index contributed by atoms with van der Waals surface area (Å²) < 4.78 is 12.4. The Kier molecular flexibility index (Phi) is 5.21. The van der Waals surface area contributed by atoms with E-state index in [1.54, 1.807) is 0 Å². The van der Waals surface area contributed by atoms with E-state index in [0.717, 1.165) is 29.5 Å². The van der Waals surface area contributed by atoms with Crippen molar-refractivity contribution >= 4 is 13.3 Å². The molecule has 110 valence electrons. The van der Waals surface area contributed by atoms with Crippen molar-refractivity contribution < 1.29 is 9.36 Å². The Morgan fingerprint density at radius 3 is 2.20 bits per heavy atom.